The minimum absolute atomic E-state index is 0.130. The van der Waals surface area contributed by atoms with Crippen LogP contribution in [0.3, 0.4) is 0 Å². The van der Waals surface area contributed by atoms with Crippen molar-refractivity contribution in [3.63, 3.8) is 0 Å². The monoisotopic (exact) mass is 327 g/mol. The maximum Gasteiger partial charge on any atom is 0.165 e. The van der Waals surface area contributed by atoms with Gasteiger partial charge in [-0.3, -0.25) is 0 Å². The molecule has 1 atom stereocenters. The highest BCUT2D eigenvalue weighted by atomic mass is 35.5. The maximum absolute atomic E-state index is 13.6. The molecule has 2 aromatic carbocycles. The molecule has 0 aromatic heterocycles. The Bertz CT molecular complexity index is 634. The van der Waals surface area contributed by atoms with Gasteiger partial charge >= 0.3 is 0 Å². The van der Waals surface area contributed by atoms with Crippen molar-refractivity contribution in [1.82, 2.24) is 0 Å². The summed E-state index contributed by atoms with van der Waals surface area (Å²) in [6.45, 7) is 0. The van der Waals surface area contributed by atoms with E-state index < -0.39 is 0 Å². The minimum atomic E-state index is -0.378. The largest absolute Gasteiger partial charge is 0.494 e. The highest BCUT2D eigenvalue weighted by Crippen LogP contribution is 2.24. The van der Waals surface area contributed by atoms with E-state index in [1.54, 1.807) is 18.2 Å². The smallest absolute Gasteiger partial charge is 0.165 e. The van der Waals surface area contributed by atoms with E-state index in [9.17, 15) is 4.39 Å². The molecule has 0 aliphatic carbocycles. The molecule has 2 aromatic rings. The van der Waals surface area contributed by atoms with Crippen LogP contribution in [0.15, 0.2) is 36.4 Å². The van der Waals surface area contributed by atoms with E-state index in [2.05, 4.69) is 0 Å². The summed E-state index contributed by atoms with van der Waals surface area (Å²) in [6.07, 6.45) is 1.21. The Morgan fingerprint density at radius 3 is 2.24 bits per heavy atom. The third-order valence-corrected chi connectivity index (χ3v) is 3.94. The van der Waals surface area contributed by atoms with Crippen LogP contribution in [0.5, 0.6) is 5.75 Å². The normalized spacial score (nSPS) is 12.2. The van der Waals surface area contributed by atoms with Gasteiger partial charge in [0.05, 0.1) is 17.2 Å². The number of hydrogen-bond donors (Lipinski definition) is 1. The first-order chi connectivity index (χ1) is 9.99. The molecular weight excluding hydrogens is 312 g/mol. The van der Waals surface area contributed by atoms with E-state index in [0.29, 0.717) is 22.9 Å². The van der Waals surface area contributed by atoms with Crippen molar-refractivity contribution in [3.8, 4) is 5.75 Å². The summed E-state index contributed by atoms with van der Waals surface area (Å²) < 4.78 is 18.5. The molecule has 0 aliphatic rings. The van der Waals surface area contributed by atoms with E-state index >= 15 is 0 Å². The fourth-order valence-electron chi connectivity index (χ4n) is 2.18. The summed E-state index contributed by atoms with van der Waals surface area (Å²) in [7, 11) is 1.44. The average molecular weight is 328 g/mol. The predicted octanol–water partition coefficient (Wildman–Crippen LogP) is 4.25. The van der Waals surface area contributed by atoms with Crippen LogP contribution >= 0.6 is 23.2 Å². The van der Waals surface area contributed by atoms with E-state index in [1.165, 1.54) is 13.2 Å². The molecule has 0 radical (unpaired) electrons. The van der Waals surface area contributed by atoms with Gasteiger partial charge in [0, 0.05) is 6.04 Å². The number of ether oxygens (including phenoxy) is 1. The van der Waals surface area contributed by atoms with E-state index in [1.807, 2.05) is 12.1 Å². The first kappa shape index (κ1) is 16.1. The zero-order valence-corrected chi connectivity index (χ0v) is 13.1. The van der Waals surface area contributed by atoms with Crippen LogP contribution in [-0.2, 0) is 12.8 Å². The highest BCUT2D eigenvalue weighted by molar-refractivity contribution is 6.42. The van der Waals surface area contributed by atoms with Crippen LogP contribution in [0.25, 0.3) is 0 Å². The molecule has 0 fully saturated rings. The first-order valence-electron chi connectivity index (χ1n) is 6.51. The molecule has 0 heterocycles. The van der Waals surface area contributed by atoms with Gasteiger partial charge in [0.1, 0.15) is 0 Å². The topological polar surface area (TPSA) is 35.2 Å². The van der Waals surface area contributed by atoms with Crippen molar-refractivity contribution >= 4 is 23.2 Å². The maximum atomic E-state index is 13.6. The summed E-state index contributed by atoms with van der Waals surface area (Å²) >= 11 is 11.9. The summed E-state index contributed by atoms with van der Waals surface area (Å²) in [6, 6.07) is 10.2. The van der Waals surface area contributed by atoms with Crippen molar-refractivity contribution in [3.05, 3.63) is 63.4 Å². The van der Waals surface area contributed by atoms with Crippen molar-refractivity contribution in [2.75, 3.05) is 7.11 Å². The van der Waals surface area contributed by atoms with Crippen molar-refractivity contribution < 1.29 is 9.13 Å². The lowest BCUT2D eigenvalue weighted by Gasteiger charge is -2.13. The summed E-state index contributed by atoms with van der Waals surface area (Å²) in [4.78, 5) is 0. The van der Waals surface area contributed by atoms with E-state index in [0.717, 1.165) is 11.1 Å². The first-order valence-corrected chi connectivity index (χ1v) is 7.27. The quantitative estimate of drug-likeness (QED) is 0.890. The van der Waals surface area contributed by atoms with Crippen molar-refractivity contribution in [2.45, 2.75) is 18.9 Å². The van der Waals surface area contributed by atoms with Crippen LogP contribution in [0.2, 0.25) is 10.0 Å². The van der Waals surface area contributed by atoms with Crippen LogP contribution in [0.4, 0.5) is 4.39 Å². The zero-order chi connectivity index (χ0) is 15.4. The van der Waals surface area contributed by atoms with Gasteiger partial charge in [0.25, 0.3) is 0 Å². The van der Waals surface area contributed by atoms with Crippen molar-refractivity contribution in [2.24, 2.45) is 5.73 Å². The Hall–Kier alpha value is -1.29. The van der Waals surface area contributed by atoms with Crippen LogP contribution in [0.1, 0.15) is 11.1 Å². The molecule has 1 unspecified atom stereocenters. The van der Waals surface area contributed by atoms with Gasteiger partial charge in [-0.2, -0.15) is 0 Å². The number of benzene rings is 2. The molecule has 2 N–H and O–H groups in total. The van der Waals surface area contributed by atoms with E-state index in [-0.39, 0.29) is 17.6 Å². The Morgan fingerprint density at radius 2 is 1.67 bits per heavy atom. The fourth-order valence-corrected chi connectivity index (χ4v) is 2.50. The Labute approximate surface area is 133 Å². The highest BCUT2D eigenvalue weighted by Gasteiger charge is 2.10. The van der Waals surface area contributed by atoms with Crippen LogP contribution in [-0.4, -0.2) is 13.2 Å². The number of nitrogens with two attached hydrogens (primary N) is 1. The third-order valence-electron chi connectivity index (χ3n) is 3.20. The Kier molecular flexibility index (Phi) is 5.45. The number of halogens is 3. The second-order valence-electron chi connectivity index (χ2n) is 4.89. The molecular formula is C16H16Cl2FNO. The molecule has 0 saturated heterocycles. The Balaban J connectivity index is 2.02. The van der Waals surface area contributed by atoms with Crippen molar-refractivity contribution in [1.29, 1.82) is 0 Å². The third kappa shape index (κ3) is 4.34. The molecule has 21 heavy (non-hydrogen) atoms. The van der Waals surface area contributed by atoms with Gasteiger partial charge in [-0.15, -0.1) is 0 Å². The summed E-state index contributed by atoms with van der Waals surface area (Å²) in [5.74, 6) is -0.145. The predicted molar refractivity (Wildman–Crippen MR) is 84.8 cm³/mol. The van der Waals surface area contributed by atoms with Gasteiger partial charge < -0.3 is 10.5 Å². The SMILES string of the molecule is COc1ccc(CC(N)Cc2ccc(Cl)c(Cl)c2)cc1F. The molecule has 112 valence electrons. The second-order valence-corrected chi connectivity index (χ2v) is 5.70. The molecule has 2 rings (SSSR count). The molecule has 5 heteroatoms. The lowest BCUT2D eigenvalue weighted by Crippen LogP contribution is -2.25. The molecule has 0 saturated carbocycles. The molecule has 0 amide bonds. The fraction of sp³-hybridized carbons (Fsp3) is 0.250. The second kappa shape index (κ2) is 7.12. The van der Waals surface area contributed by atoms with Crippen LogP contribution in [0, 0.1) is 5.82 Å². The lowest BCUT2D eigenvalue weighted by atomic mass is 9.99. The minimum Gasteiger partial charge on any atom is -0.494 e. The van der Waals surface area contributed by atoms with E-state index in [4.69, 9.17) is 33.7 Å². The Morgan fingerprint density at radius 1 is 1.05 bits per heavy atom. The van der Waals surface area contributed by atoms with Gasteiger partial charge in [-0.25, -0.2) is 4.39 Å². The van der Waals surface area contributed by atoms with Gasteiger partial charge in [-0.1, -0.05) is 35.3 Å². The molecule has 2 nitrogen and oxygen atoms in total. The van der Waals surface area contributed by atoms with Crippen LogP contribution < -0.4 is 10.5 Å². The van der Waals surface area contributed by atoms with Gasteiger partial charge in [0.15, 0.2) is 11.6 Å². The average Bonchev–Trinajstić information content (AvgIpc) is 2.43. The number of hydrogen-bond acceptors (Lipinski definition) is 2. The molecule has 0 bridgehead atoms. The van der Waals surface area contributed by atoms with Gasteiger partial charge in [0.2, 0.25) is 0 Å². The lowest BCUT2D eigenvalue weighted by molar-refractivity contribution is 0.386. The summed E-state index contributed by atoms with van der Waals surface area (Å²) in [5.41, 5.74) is 7.96. The number of methoxy groups -OCH3 is 1. The standard InChI is InChI=1S/C16H16Cl2FNO/c1-21-16-5-3-11(9-15(16)19)7-12(20)6-10-2-4-13(17)14(18)8-10/h2-5,8-9,12H,6-7,20H2,1H3. The molecule has 0 spiro atoms. The number of rotatable bonds is 5. The van der Waals surface area contributed by atoms with Gasteiger partial charge in [-0.05, 0) is 48.2 Å². The summed E-state index contributed by atoms with van der Waals surface area (Å²) in [5, 5.41) is 1.03. The zero-order valence-electron chi connectivity index (χ0n) is 11.6. The molecule has 0 aliphatic heterocycles.